The summed E-state index contributed by atoms with van der Waals surface area (Å²) in [5, 5.41) is 9.79. The molecule has 1 atom stereocenters. The number of benzene rings is 1. The Morgan fingerprint density at radius 2 is 2.00 bits per heavy atom. The molecule has 6 nitrogen and oxygen atoms in total. The summed E-state index contributed by atoms with van der Waals surface area (Å²) in [6.07, 6.45) is 7.34. The van der Waals surface area contributed by atoms with Crippen LogP contribution in [0.4, 0.5) is 0 Å². The molecule has 0 saturated heterocycles. The largest absolute Gasteiger partial charge is 0.349 e. The third kappa shape index (κ3) is 3.79. The van der Waals surface area contributed by atoms with Gasteiger partial charge < -0.3 is 5.32 Å². The normalized spacial score (nSPS) is 11.9. The van der Waals surface area contributed by atoms with Crippen molar-refractivity contribution < 1.29 is 4.79 Å². The molecule has 1 amide bonds. The third-order valence-electron chi connectivity index (χ3n) is 3.47. The van der Waals surface area contributed by atoms with Crippen LogP contribution in [-0.2, 0) is 6.42 Å². The van der Waals surface area contributed by atoms with E-state index >= 15 is 0 Å². The Labute approximate surface area is 134 Å². The van der Waals surface area contributed by atoms with E-state index in [0.717, 1.165) is 17.0 Å². The monoisotopic (exact) mass is 307 g/mol. The van der Waals surface area contributed by atoms with Crippen LogP contribution in [0.1, 0.15) is 23.0 Å². The van der Waals surface area contributed by atoms with E-state index in [9.17, 15) is 4.79 Å². The van der Waals surface area contributed by atoms with Gasteiger partial charge >= 0.3 is 0 Å². The van der Waals surface area contributed by atoms with Gasteiger partial charge in [-0.15, -0.1) is 0 Å². The first-order valence-corrected chi connectivity index (χ1v) is 7.38. The first kappa shape index (κ1) is 14.9. The van der Waals surface area contributed by atoms with Crippen molar-refractivity contribution in [3.05, 3.63) is 66.4 Å². The summed E-state index contributed by atoms with van der Waals surface area (Å²) in [6.45, 7) is 1.95. The zero-order valence-corrected chi connectivity index (χ0v) is 12.7. The van der Waals surface area contributed by atoms with Crippen LogP contribution in [-0.4, -0.2) is 32.1 Å². The van der Waals surface area contributed by atoms with E-state index in [4.69, 9.17) is 0 Å². The van der Waals surface area contributed by atoms with Gasteiger partial charge in [0.2, 0.25) is 0 Å². The van der Waals surface area contributed by atoms with E-state index in [0.29, 0.717) is 12.0 Å². The molecular formula is C17H17N5O. The Balaban J connectivity index is 1.61. The number of carbonyl (C=O) groups excluding carboxylic acids is 1. The maximum atomic E-state index is 12.3. The van der Waals surface area contributed by atoms with Gasteiger partial charge in [0.15, 0.2) is 0 Å². The molecule has 0 fully saturated rings. The van der Waals surface area contributed by atoms with Gasteiger partial charge in [-0.2, -0.15) is 5.10 Å². The molecular weight excluding hydrogens is 290 g/mol. The van der Waals surface area contributed by atoms with E-state index in [2.05, 4.69) is 25.5 Å². The molecule has 2 aromatic heterocycles. The van der Waals surface area contributed by atoms with Crippen LogP contribution < -0.4 is 5.32 Å². The highest BCUT2D eigenvalue weighted by molar-refractivity contribution is 5.94. The summed E-state index contributed by atoms with van der Waals surface area (Å²) in [5.74, 6) is -0.0995. The molecule has 2 N–H and O–H groups in total. The lowest BCUT2D eigenvalue weighted by atomic mass is 10.1. The highest BCUT2D eigenvalue weighted by Gasteiger charge is 2.11. The van der Waals surface area contributed by atoms with Gasteiger partial charge in [-0.25, -0.2) is 0 Å². The number of aromatic amines is 1. The molecule has 0 bridgehead atoms. The number of carbonyl (C=O) groups is 1. The molecule has 0 radical (unpaired) electrons. The van der Waals surface area contributed by atoms with Gasteiger partial charge in [0, 0.05) is 42.8 Å². The maximum absolute atomic E-state index is 12.3. The van der Waals surface area contributed by atoms with Crippen molar-refractivity contribution in [2.45, 2.75) is 19.4 Å². The molecule has 0 saturated carbocycles. The number of nitrogens with zero attached hydrogens (tertiary/aromatic N) is 3. The third-order valence-corrected chi connectivity index (χ3v) is 3.47. The predicted molar refractivity (Wildman–Crippen MR) is 86.7 cm³/mol. The minimum absolute atomic E-state index is 0.0218. The maximum Gasteiger partial charge on any atom is 0.251 e. The molecule has 0 spiro atoms. The molecule has 3 aromatic rings. The van der Waals surface area contributed by atoms with Crippen LogP contribution in [0.25, 0.3) is 11.3 Å². The van der Waals surface area contributed by atoms with E-state index in [-0.39, 0.29) is 11.9 Å². The van der Waals surface area contributed by atoms with Crippen molar-refractivity contribution in [2.75, 3.05) is 0 Å². The molecule has 6 heteroatoms. The zero-order chi connectivity index (χ0) is 16.1. The van der Waals surface area contributed by atoms with Crippen LogP contribution in [0, 0.1) is 0 Å². The van der Waals surface area contributed by atoms with Crippen molar-refractivity contribution in [3.63, 3.8) is 0 Å². The van der Waals surface area contributed by atoms with Gasteiger partial charge in [0.1, 0.15) is 0 Å². The lowest BCUT2D eigenvalue weighted by molar-refractivity contribution is 0.0940. The van der Waals surface area contributed by atoms with Crippen molar-refractivity contribution >= 4 is 5.91 Å². The van der Waals surface area contributed by atoms with E-state index in [1.54, 1.807) is 36.9 Å². The summed E-state index contributed by atoms with van der Waals surface area (Å²) in [6, 6.07) is 9.27. The lowest BCUT2D eigenvalue weighted by Gasteiger charge is -2.13. The number of rotatable bonds is 5. The summed E-state index contributed by atoms with van der Waals surface area (Å²) in [4.78, 5) is 20.5. The molecule has 116 valence electrons. The minimum Gasteiger partial charge on any atom is -0.349 e. The summed E-state index contributed by atoms with van der Waals surface area (Å²) < 4.78 is 0. The fourth-order valence-corrected chi connectivity index (χ4v) is 2.33. The van der Waals surface area contributed by atoms with E-state index in [1.165, 1.54) is 0 Å². The lowest BCUT2D eigenvalue weighted by Crippen LogP contribution is -2.34. The molecule has 1 unspecified atom stereocenters. The second kappa shape index (κ2) is 6.83. The standard InChI is InChI=1S/C17H17N5O/c1-12(10-15-11-18-8-9-19-15)21-17(23)14-4-2-13(3-5-14)16-6-7-20-22-16/h2-9,11-12H,10H2,1H3,(H,20,22)(H,21,23). The van der Waals surface area contributed by atoms with Gasteiger partial charge in [-0.1, -0.05) is 12.1 Å². The summed E-state index contributed by atoms with van der Waals surface area (Å²) in [7, 11) is 0. The van der Waals surface area contributed by atoms with Gasteiger partial charge in [-0.05, 0) is 30.7 Å². The molecule has 0 aliphatic heterocycles. The number of hydrogen-bond acceptors (Lipinski definition) is 4. The smallest absolute Gasteiger partial charge is 0.251 e. The number of amides is 1. The Kier molecular flexibility index (Phi) is 4.42. The zero-order valence-electron chi connectivity index (χ0n) is 12.7. The van der Waals surface area contributed by atoms with Crippen LogP contribution in [0.15, 0.2) is 55.1 Å². The summed E-state index contributed by atoms with van der Waals surface area (Å²) in [5.41, 5.74) is 3.40. The second-order valence-electron chi connectivity index (χ2n) is 5.32. The van der Waals surface area contributed by atoms with E-state index < -0.39 is 0 Å². The van der Waals surface area contributed by atoms with Crippen molar-refractivity contribution in [1.82, 2.24) is 25.5 Å². The topological polar surface area (TPSA) is 83.6 Å². The summed E-state index contributed by atoms with van der Waals surface area (Å²) >= 11 is 0. The van der Waals surface area contributed by atoms with Crippen LogP contribution in [0.5, 0.6) is 0 Å². The number of aromatic nitrogens is 4. The van der Waals surface area contributed by atoms with Crippen LogP contribution in [0.3, 0.4) is 0 Å². The SMILES string of the molecule is CC(Cc1cnccn1)NC(=O)c1ccc(-c2ccn[nH]2)cc1. The van der Waals surface area contributed by atoms with Gasteiger partial charge in [-0.3, -0.25) is 19.9 Å². The highest BCUT2D eigenvalue weighted by Crippen LogP contribution is 2.16. The van der Waals surface area contributed by atoms with E-state index in [1.807, 2.05) is 25.1 Å². The molecule has 0 aliphatic rings. The van der Waals surface area contributed by atoms with Crippen molar-refractivity contribution in [2.24, 2.45) is 0 Å². The Morgan fingerprint density at radius 1 is 1.17 bits per heavy atom. The number of H-pyrrole nitrogens is 1. The predicted octanol–water partition coefficient (Wildman–Crippen LogP) is 2.23. The quantitative estimate of drug-likeness (QED) is 0.757. The van der Waals surface area contributed by atoms with Crippen LogP contribution in [0.2, 0.25) is 0 Å². The average molecular weight is 307 g/mol. The Morgan fingerprint density at radius 3 is 2.65 bits per heavy atom. The number of hydrogen-bond donors (Lipinski definition) is 2. The van der Waals surface area contributed by atoms with Crippen molar-refractivity contribution in [3.8, 4) is 11.3 Å². The fraction of sp³-hybridized carbons (Fsp3) is 0.176. The molecule has 2 heterocycles. The van der Waals surface area contributed by atoms with Crippen molar-refractivity contribution in [1.29, 1.82) is 0 Å². The van der Waals surface area contributed by atoms with Gasteiger partial charge in [0.05, 0.1) is 11.4 Å². The molecule has 0 aliphatic carbocycles. The highest BCUT2D eigenvalue weighted by atomic mass is 16.1. The Hall–Kier alpha value is -3.02. The minimum atomic E-state index is -0.0995. The molecule has 3 rings (SSSR count). The van der Waals surface area contributed by atoms with Gasteiger partial charge in [0.25, 0.3) is 5.91 Å². The molecule has 1 aromatic carbocycles. The molecule has 23 heavy (non-hydrogen) atoms. The first-order chi connectivity index (χ1) is 11.2. The Bertz CT molecular complexity index is 753. The second-order valence-corrected chi connectivity index (χ2v) is 5.32. The number of nitrogens with one attached hydrogen (secondary N) is 2. The average Bonchev–Trinajstić information content (AvgIpc) is 3.10. The first-order valence-electron chi connectivity index (χ1n) is 7.38. The fourth-order valence-electron chi connectivity index (χ4n) is 2.33. The van der Waals surface area contributed by atoms with Crippen LogP contribution >= 0.6 is 0 Å².